The molecule has 1 N–H and O–H groups in total. The molecule has 6 heteroatoms. The van der Waals surface area contributed by atoms with Gasteiger partial charge in [0.1, 0.15) is 5.82 Å². The Labute approximate surface area is 110 Å². The molecule has 0 saturated carbocycles. The summed E-state index contributed by atoms with van der Waals surface area (Å²) in [4.78, 5) is 11.0. The number of rotatable bonds is 5. The molecule has 5 nitrogen and oxygen atoms in total. The third kappa shape index (κ3) is 4.03. The normalized spacial score (nSPS) is 17.8. The predicted octanol–water partition coefficient (Wildman–Crippen LogP) is 0.863. The van der Waals surface area contributed by atoms with Gasteiger partial charge in [0.05, 0.1) is 18.1 Å². The van der Waals surface area contributed by atoms with E-state index in [1.807, 2.05) is 6.20 Å². The molecule has 1 aliphatic rings. The van der Waals surface area contributed by atoms with Crippen molar-refractivity contribution in [1.82, 2.24) is 14.9 Å². The fraction of sp³-hybridized carbons (Fsp3) is 0.667. The van der Waals surface area contributed by atoms with E-state index in [2.05, 4.69) is 27.1 Å². The first-order chi connectivity index (χ1) is 8.78. The molecular formula is C12H20N4OS. The van der Waals surface area contributed by atoms with Crippen LogP contribution in [-0.2, 0) is 17.3 Å². The molecule has 100 valence electrons. The van der Waals surface area contributed by atoms with Crippen molar-refractivity contribution >= 4 is 16.6 Å². The van der Waals surface area contributed by atoms with Crippen molar-refractivity contribution in [2.75, 3.05) is 36.5 Å². The average molecular weight is 268 g/mol. The number of anilines is 1. The van der Waals surface area contributed by atoms with Crippen molar-refractivity contribution in [3.8, 4) is 0 Å². The SMILES string of the molecule is CCCNc1cnc(CN2CCS(=O)CC2)cn1. The number of aromatic nitrogens is 2. The first-order valence-electron chi connectivity index (χ1n) is 6.40. The Kier molecular flexibility index (Phi) is 5.07. The van der Waals surface area contributed by atoms with Crippen molar-refractivity contribution in [2.45, 2.75) is 19.9 Å². The first kappa shape index (κ1) is 13.4. The molecule has 1 fully saturated rings. The fourth-order valence-corrected chi connectivity index (χ4v) is 2.97. The summed E-state index contributed by atoms with van der Waals surface area (Å²) in [5.41, 5.74) is 0.977. The summed E-state index contributed by atoms with van der Waals surface area (Å²) in [5, 5.41) is 3.20. The van der Waals surface area contributed by atoms with Crippen LogP contribution in [-0.4, -0.2) is 50.2 Å². The molecule has 0 bridgehead atoms. The van der Waals surface area contributed by atoms with E-state index in [1.54, 1.807) is 6.20 Å². The van der Waals surface area contributed by atoms with Crippen molar-refractivity contribution in [1.29, 1.82) is 0 Å². The van der Waals surface area contributed by atoms with E-state index in [4.69, 9.17) is 0 Å². The highest BCUT2D eigenvalue weighted by Gasteiger charge is 2.15. The zero-order valence-electron chi connectivity index (χ0n) is 10.8. The van der Waals surface area contributed by atoms with Crippen LogP contribution < -0.4 is 5.32 Å². The number of nitrogens with zero attached hydrogens (tertiary/aromatic N) is 3. The molecule has 1 saturated heterocycles. The molecule has 0 aliphatic carbocycles. The molecule has 18 heavy (non-hydrogen) atoms. The second-order valence-corrected chi connectivity index (χ2v) is 6.14. The van der Waals surface area contributed by atoms with Crippen molar-refractivity contribution in [3.05, 3.63) is 18.1 Å². The Hall–Kier alpha value is -1.01. The standard InChI is InChI=1S/C12H20N4OS/c1-2-3-13-12-9-14-11(8-15-12)10-16-4-6-18(17)7-5-16/h8-9H,2-7,10H2,1H3,(H,13,15). The van der Waals surface area contributed by atoms with Gasteiger partial charge in [-0.2, -0.15) is 0 Å². The third-order valence-electron chi connectivity index (χ3n) is 2.92. The summed E-state index contributed by atoms with van der Waals surface area (Å²) < 4.78 is 11.3. The summed E-state index contributed by atoms with van der Waals surface area (Å²) >= 11 is 0. The minimum atomic E-state index is -0.614. The lowest BCUT2D eigenvalue weighted by Crippen LogP contribution is -2.37. The van der Waals surface area contributed by atoms with Gasteiger partial charge >= 0.3 is 0 Å². The molecule has 1 aliphatic heterocycles. The van der Waals surface area contributed by atoms with E-state index in [1.165, 1.54) is 0 Å². The van der Waals surface area contributed by atoms with Crippen LogP contribution in [0.3, 0.4) is 0 Å². The molecule has 2 heterocycles. The lowest BCUT2D eigenvalue weighted by atomic mass is 10.4. The summed E-state index contributed by atoms with van der Waals surface area (Å²) in [5.74, 6) is 2.40. The average Bonchev–Trinajstić information content (AvgIpc) is 2.41. The van der Waals surface area contributed by atoms with E-state index >= 15 is 0 Å². The minimum Gasteiger partial charge on any atom is -0.369 e. The third-order valence-corrected chi connectivity index (χ3v) is 4.19. The van der Waals surface area contributed by atoms with E-state index in [0.717, 1.165) is 55.6 Å². The van der Waals surface area contributed by atoms with E-state index in [9.17, 15) is 4.21 Å². The van der Waals surface area contributed by atoms with E-state index < -0.39 is 10.8 Å². The molecule has 0 unspecified atom stereocenters. The molecule has 0 amide bonds. The molecule has 2 rings (SSSR count). The highest BCUT2D eigenvalue weighted by Crippen LogP contribution is 2.07. The maximum Gasteiger partial charge on any atom is 0.144 e. The maximum absolute atomic E-state index is 11.3. The van der Waals surface area contributed by atoms with Crippen LogP contribution in [0, 0.1) is 0 Å². The lowest BCUT2D eigenvalue weighted by molar-refractivity contribution is 0.287. The van der Waals surface area contributed by atoms with Crippen LogP contribution in [0.4, 0.5) is 5.82 Å². The minimum absolute atomic E-state index is 0.614. The Morgan fingerprint density at radius 3 is 2.72 bits per heavy atom. The topological polar surface area (TPSA) is 58.1 Å². The summed E-state index contributed by atoms with van der Waals surface area (Å²) in [6.07, 6.45) is 4.69. The van der Waals surface area contributed by atoms with Gasteiger partial charge in [-0.25, -0.2) is 4.98 Å². The Balaban J connectivity index is 1.84. The summed E-state index contributed by atoms with van der Waals surface area (Å²) in [6.45, 7) is 5.63. The van der Waals surface area contributed by atoms with Crippen molar-refractivity contribution in [2.24, 2.45) is 0 Å². The largest absolute Gasteiger partial charge is 0.369 e. The van der Waals surface area contributed by atoms with Gasteiger partial charge < -0.3 is 5.32 Å². The monoisotopic (exact) mass is 268 g/mol. The zero-order valence-corrected chi connectivity index (χ0v) is 11.6. The smallest absolute Gasteiger partial charge is 0.144 e. The second-order valence-electron chi connectivity index (χ2n) is 4.44. The quantitative estimate of drug-likeness (QED) is 0.858. The highest BCUT2D eigenvalue weighted by molar-refractivity contribution is 7.85. The zero-order chi connectivity index (χ0) is 12.8. The van der Waals surface area contributed by atoms with Crippen LogP contribution in [0.15, 0.2) is 12.4 Å². The van der Waals surface area contributed by atoms with Crippen molar-refractivity contribution < 1.29 is 4.21 Å². The van der Waals surface area contributed by atoms with Gasteiger partial charge in [0.2, 0.25) is 0 Å². The Bertz CT molecular complexity index is 386. The van der Waals surface area contributed by atoms with Crippen LogP contribution in [0.1, 0.15) is 19.0 Å². The molecule has 0 spiro atoms. The van der Waals surface area contributed by atoms with Gasteiger partial charge in [0.15, 0.2) is 0 Å². The van der Waals surface area contributed by atoms with Gasteiger partial charge in [-0.05, 0) is 6.42 Å². The maximum atomic E-state index is 11.3. The van der Waals surface area contributed by atoms with Crippen LogP contribution in [0.2, 0.25) is 0 Å². The Morgan fingerprint density at radius 2 is 2.11 bits per heavy atom. The predicted molar refractivity (Wildman–Crippen MR) is 74.0 cm³/mol. The van der Waals surface area contributed by atoms with Gasteiger partial charge in [-0.15, -0.1) is 0 Å². The van der Waals surface area contributed by atoms with Gasteiger partial charge in [0.25, 0.3) is 0 Å². The number of hydrogen-bond acceptors (Lipinski definition) is 5. The number of hydrogen-bond donors (Lipinski definition) is 1. The molecule has 0 atom stereocenters. The fourth-order valence-electron chi connectivity index (χ4n) is 1.84. The van der Waals surface area contributed by atoms with Gasteiger partial charge in [0, 0.05) is 48.5 Å². The van der Waals surface area contributed by atoms with Crippen LogP contribution in [0.5, 0.6) is 0 Å². The second kappa shape index (κ2) is 6.80. The molecule has 1 aromatic rings. The van der Waals surface area contributed by atoms with Crippen LogP contribution in [0.25, 0.3) is 0 Å². The van der Waals surface area contributed by atoms with E-state index in [-0.39, 0.29) is 0 Å². The summed E-state index contributed by atoms with van der Waals surface area (Å²) in [7, 11) is -0.614. The van der Waals surface area contributed by atoms with Gasteiger partial charge in [-0.1, -0.05) is 6.92 Å². The summed E-state index contributed by atoms with van der Waals surface area (Å²) in [6, 6.07) is 0. The first-order valence-corrected chi connectivity index (χ1v) is 7.89. The molecule has 1 aromatic heterocycles. The molecule has 0 aromatic carbocycles. The van der Waals surface area contributed by atoms with Crippen LogP contribution >= 0.6 is 0 Å². The number of nitrogens with one attached hydrogen (secondary N) is 1. The molecular weight excluding hydrogens is 248 g/mol. The molecule has 0 radical (unpaired) electrons. The van der Waals surface area contributed by atoms with Crippen molar-refractivity contribution in [3.63, 3.8) is 0 Å². The van der Waals surface area contributed by atoms with E-state index in [0.29, 0.717) is 0 Å². The highest BCUT2D eigenvalue weighted by atomic mass is 32.2. The van der Waals surface area contributed by atoms with Gasteiger partial charge in [-0.3, -0.25) is 14.1 Å². The Morgan fingerprint density at radius 1 is 1.33 bits per heavy atom. The lowest BCUT2D eigenvalue weighted by Gasteiger charge is -2.25.